The Morgan fingerprint density at radius 1 is 1.55 bits per heavy atom. The topological polar surface area (TPSA) is 156 Å². The summed E-state index contributed by atoms with van der Waals surface area (Å²) < 4.78 is 0. The highest BCUT2D eigenvalue weighted by atomic mass is 16.6. The van der Waals surface area contributed by atoms with Crippen LogP contribution in [0.1, 0.15) is 23.7 Å². The fourth-order valence-corrected chi connectivity index (χ4v) is 1.59. The number of nitriles is 1. The van der Waals surface area contributed by atoms with Crippen LogP contribution in [0.15, 0.2) is 23.3 Å². The summed E-state index contributed by atoms with van der Waals surface area (Å²) in [6, 6.07) is 5.25. The normalized spacial score (nSPS) is 12.8. The Bertz CT molecular complexity index is 591. The lowest BCUT2D eigenvalue weighted by Crippen LogP contribution is -2.19. The summed E-state index contributed by atoms with van der Waals surface area (Å²) in [5.41, 5.74) is 7.64. The first kappa shape index (κ1) is 15.4. The van der Waals surface area contributed by atoms with Gasteiger partial charge in [0.1, 0.15) is 17.7 Å². The average molecular weight is 277 g/mol. The number of aliphatic hydroxyl groups excluding tert-OH is 2. The number of aliphatic hydroxyl groups is 2. The molecule has 0 radical (unpaired) electrons. The summed E-state index contributed by atoms with van der Waals surface area (Å²) in [4.78, 5) is 12.6. The van der Waals surface area contributed by atoms with Crippen LogP contribution in [-0.4, -0.2) is 27.8 Å². The average Bonchev–Trinajstić information content (AvgIpc) is 2.45. The predicted molar refractivity (Wildman–Crippen MR) is 67.4 cm³/mol. The Balaban J connectivity index is 2.96. The minimum atomic E-state index is -1.37. The molecule has 2 unspecified atom stereocenters. The maximum atomic E-state index is 10.8. The summed E-state index contributed by atoms with van der Waals surface area (Å²) in [7, 11) is 0. The van der Waals surface area contributed by atoms with Crippen LogP contribution in [0.25, 0.3) is 10.4 Å². The highest BCUT2D eigenvalue weighted by molar-refractivity contribution is 5.50. The van der Waals surface area contributed by atoms with E-state index in [1.165, 1.54) is 12.1 Å². The summed E-state index contributed by atoms with van der Waals surface area (Å²) in [6.45, 7) is -0.00685. The number of benzene rings is 1. The molecule has 9 heteroatoms. The van der Waals surface area contributed by atoms with E-state index in [2.05, 4.69) is 10.0 Å². The summed E-state index contributed by atoms with van der Waals surface area (Å²) in [5.74, 6) is 0. The van der Waals surface area contributed by atoms with Gasteiger partial charge in [-0.25, -0.2) is 0 Å². The Morgan fingerprint density at radius 3 is 2.80 bits per heavy atom. The van der Waals surface area contributed by atoms with Gasteiger partial charge in [0.2, 0.25) is 0 Å². The van der Waals surface area contributed by atoms with Crippen molar-refractivity contribution < 1.29 is 15.1 Å². The molecular weight excluding hydrogens is 266 g/mol. The molecule has 0 spiro atoms. The summed E-state index contributed by atoms with van der Waals surface area (Å²) in [5, 5.41) is 42.3. The van der Waals surface area contributed by atoms with Gasteiger partial charge in [0.25, 0.3) is 5.69 Å². The van der Waals surface area contributed by atoms with Crippen molar-refractivity contribution in [3.8, 4) is 6.07 Å². The molecule has 0 heterocycles. The molecule has 0 bridgehead atoms. The van der Waals surface area contributed by atoms with Crippen molar-refractivity contribution in [1.29, 1.82) is 5.26 Å². The highest BCUT2D eigenvalue weighted by Crippen LogP contribution is 2.26. The first-order valence-corrected chi connectivity index (χ1v) is 5.56. The zero-order valence-corrected chi connectivity index (χ0v) is 10.2. The Kier molecular flexibility index (Phi) is 5.43. The van der Waals surface area contributed by atoms with Gasteiger partial charge in [-0.3, -0.25) is 10.1 Å². The van der Waals surface area contributed by atoms with Gasteiger partial charge in [-0.2, -0.15) is 5.26 Å². The molecule has 20 heavy (non-hydrogen) atoms. The van der Waals surface area contributed by atoms with Crippen LogP contribution in [0.3, 0.4) is 0 Å². The molecule has 0 aliphatic rings. The fourth-order valence-electron chi connectivity index (χ4n) is 1.59. The molecule has 0 saturated heterocycles. The van der Waals surface area contributed by atoms with E-state index >= 15 is 0 Å². The van der Waals surface area contributed by atoms with E-state index < -0.39 is 22.8 Å². The number of rotatable bonds is 6. The van der Waals surface area contributed by atoms with Crippen molar-refractivity contribution in [1.82, 2.24) is 0 Å². The molecule has 2 atom stereocenters. The zero-order valence-electron chi connectivity index (χ0n) is 10.2. The monoisotopic (exact) mass is 277 g/mol. The number of nitro groups is 1. The van der Waals surface area contributed by atoms with Crippen LogP contribution in [0.4, 0.5) is 5.69 Å². The van der Waals surface area contributed by atoms with E-state index in [0.717, 1.165) is 6.07 Å². The Hall–Kier alpha value is -2.66. The molecule has 1 aromatic rings. The summed E-state index contributed by atoms with van der Waals surface area (Å²) >= 11 is 0. The third-order valence-corrected chi connectivity index (χ3v) is 2.63. The molecule has 104 valence electrons. The lowest BCUT2D eigenvalue weighted by molar-refractivity contribution is -0.385. The van der Waals surface area contributed by atoms with E-state index in [9.17, 15) is 20.3 Å². The fraction of sp³-hybridized carbons (Fsp3) is 0.364. The smallest absolute Gasteiger partial charge is 0.287 e. The quantitative estimate of drug-likeness (QED) is 0.265. The number of nitrogens with zero attached hydrogens (tertiary/aromatic N) is 5. The molecule has 0 amide bonds. The van der Waals surface area contributed by atoms with Crippen molar-refractivity contribution in [2.45, 2.75) is 18.6 Å². The third kappa shape index (κ3) is 3.66. The van der Waals surface area contributed by atoms with Crippen LogP contribution in [0.2, 0.25) is 0 Å². The van der Waals surface area contributed by atoms with Crippen molar-refractivity contribution in [2.75, 3.05) is 6.54 Å². The number of hydrogen-bond acceptors (Lipinski definition) is 6. The van der Waals surface area contributed by atoms with Crippen molar-refractivity contribution in [2.24, 2.45) is 5.11 Å². The van der Waals surface area contributed by atoms with E-state index in [0.29, 0.717) is 0 Å². The van der Waals surface area contributed by atoms with Gasteiger partial charge in [0.15, 0.2) is 0 Å². The zero-order chi connectivity index (χ0) is 15.1. The molecule has 9 nitrogen and oxygen atoms in total. The van der Waals surface area contributed by atoms with Gasteiger partial charge in [0.05, 0.1) is 11.0 Å². The SMILES string of the molecule is N#Cc1ccc(C(O)C(O)CCN=[N+]=[N-])cc1[N+](=O)[O-]. The van der Waals surface area contributed by atoms with Gasteiger partial charge in [-0.1, -0.05) is 11.2 Å². The van der Waals surface area contributed by atoms with E-state index in [1.807, 2.05) is 0 Å². The van der Waals surface area contributed by atoms with Gasteiger partial charge >= 0.3 is 0 Å². The van der Waals surface area contributed by atoms with Crippen molar-refractivity contribution >= 4 is 5.69 Å². The molecule has 2 N–H and O–H groups in total. The molecule has 1 rings (SSSR count). The first-order chi connectivity index (χ1) is 9.51. The van der Waals surface area contributed by atoms with Crippen molar-refractivity contribution in [3.63, 3.8) is 0 Å². The molecule has 0 saturated carbocycles. The lowest BCUT2D eigenvalue weighted by Gasteiger charge is -2.17. The largest absolute Gasteiger partial charge is 0.390 e. The van der Waals surface area contributed by atoms with Crippen molar-refractivity contribution in [3.05, 3.63) is 49.9 Å². The van der Waals surface area contributed by atoms with E-state index in [4.69, 9.17) is 10.8 Å². The number of azide groups is 1. The minimum Gasteiger partial charge on any atom is -0.390 e. The van der Waals surface area contributed by atoms with Gasteiger partial charge in [0, 0.05) is 17.5 Å². The third-order valence-electron chi connectivity index (χ3n) is 2.63. The van der Waals surface area contributed by atoms with Crippen LogP contribution in [0.5, 0.6) is 0 Å². The first-order valence-electron chi connectivity index (χ1n) is 5.56. The van der Waals surface area contributed by atoms with Gasteiger partial charge in [-0.15, -0.1) is 0 Å². The molecule has 0 fully saturated rings. The second-order valence-electron chi connectivity index (χ2n) is 3.90. The molecular formula is C11H11N5O4. The Morgan fingerprint density at radius 2 is 2.25 bits per heavy atom. The highest BCUT2D eigenvalue weighted by Gasteiger charge is 2.22. The van der Waals surface area contributed by atoms with Gasteiger partial charge in [-0.05, 0) is 23.6 Å². The van der Waals surface area contributed by atoms with Crippen LogP contribution in [-0.2, 0) is 0 Å². The molecule has 0 aliphatic heterocycles. The molecule has 0 aromatic heterocycles. The second-order valence-corrected chi connectivity index (χ2v) is 3.90. The minimum absolute atomic E-state index is 0.00685. The van der Waals surface area contributed by atoms with E-state index in [-0.39, 0.29) is 24.1 Å². The lowest BCUT2D eigenvalue weighted by atomic mass is 10.00. The standard InChI is InChI=1S/C11H11N5O4/c12-6-8-2-1-7(5-9(8)16(19)20)11(18)10(17)3-4-14-15-13/h1-2,5,10-11,17-18H,3-4H2. The van der Waals surface area contributed by atoms with Crippen LogP contribution in [0, 0.1) is 21.4 Å². The molecule has 0 aliphatic carbocycles. The molecule has 1 aromatic carbocycles. The predicted octanol–water partition coefficient (Wildman–Crippen LogP) is 1.56. The maximum absolute atomic E-state index is 10.8. The van der Waals surface area contributed by atoms with E-state index in [1.54, 1.807) is 6.07 Å². The second kappa shape index (κ2) is 7.06. The van der Waals surface area contributed by atoms with Crippen LogP contribution < -0.4 is 0 Å². The van der Waals surface area contributed by atoms with Gasteiger partial charge < -0.3 is 10.2 Å². The maximum Gasteiger partial charge on any atom is 0.287 e. The van der Waals surface area contributed by atoms with Crippen LogP contribution >= 0.6 is 0 Å². The Labute approximate surface area is 113 Å². The summed E-state index contributed by atoms with van der Waals surface area (Å²) in [6.07, 6.45) is -2.58. The number of hydrogen-bond donors (Lipinski definition) is 2. The number of nitro benzene ring substituents is 1.